The molecule has 0 saturated heterocycles. The molecule has 1 heterocycles. The average molecular weight is 259 g/mol. The lowest BCUT2D eigenvalue weighted by Crippen LogP contribution is -1.95. The Morgan fingerprint density at radius 1 is 1.42 bits per heavy atom. The Bertz CT molecular complexity index is 587. The van der Waals surface area contributed by atoms with E-state index in [-0.39, 0.29) is 0 Å². The Hall–Kier alpha value is -2.63. The number of carbonyl (C=O) groups is 1. The maximum Gasteiger partial charge on any atom is 0.328 e. The summed E-state index contributed by atoms with van der Waals surface area (Å²) in [5, 5.41) is 16.2. The molecule has 0 unspecified atom stereocenters. The van der Waals surface area contributed by atoms with Gasteiger partial charge in [0.25, 0.3) is 0 Å². The van der Waals surface area contributed by atoms with E-state index in [1.54, 1.807) is 42.2 Å². The number of carboxylic acids is 1. The number of nitrogens with zero attached hydrogens (tertiary/aromatic N) is 3. The van der Waals surface area contributed by atoms with Gasteiger partial charge in [-0.05, 0) is 23.8 Å². The Kier molecular flexibility index (Phi) is 3.92. The zero-order valence-corrected chi connectivity index (χ0v) is 10.4. The van der Waals surface area contributed by atoms with E-state index in [0.717, 1.165) is 17.3 Å². The highest BCUT2D eigenvalue weighted by Gasteiger charge is 2.00. The summed E-state index contributed by atoms with van der Waals surface area (Å²) in [4.78, 5) is 10.4. The second kappa shape index (κ2) is 5.81. The van der Waals surface area contributed by atoms with Gasteiger partial charge in [-0.15, -0.1) is 5.10 Å². The number of rotatable bonds is 5. The number of aromatic nitrogens is 3. The van der Waals surface area contributed by atoms with E-state index in [1.807, 2.05) is 0 Å². The summed E-state index contributed by atoms with van der Waals surface area (Å²) in [7, 11) is 1.79. The van der Waals surface area contributed by atoms with Crippen LogP contribution < -0.4 is 4.74 Å². The minimum Gasteiger partial charge on any atom is -0.487 e. The molecule has 0 aliphatic rings. The van der Waals surface area contributed by atoms with Crippen LogP contribution in [0.1, 0.15) is 11.3 Å². The number of hydrogen-bond donors (Lipinski definition) is 1. The maximum atomic E-state index is 10.4. The van der Waals surface area contributed by atoms with E-state index in [1.165, 1.54) is 6.08 Å². The third kappa shape index (κ3) is 3.95. The molecule has 1 aromatic heterocycles. The fourth-order valence-electron chi connectivity index (χ4n) is 1.46. The standard InChI is InChI=1S/C13H13N3O3/c1-16-8-11(14-15-16)9-19-12-5-2-10(3-6-12)4-7-13(17)18/h2-8H,9H2,1H3,(H,17,18)/b7-4+. The fourth-order valence-corrected chi connectivity index (χ4v) is 1.46. The maximum absolute atomic E-state index is 10.4. The third-order valence-electron chi connectivity index (χ3n) is 2.34. The van der Waals surface area contributed by atoms with Gasteiger partial charge >= 0.3 is 5.97 Å². The summed E-state index contributed by atoms with van der Waals surface area (Å²) in [6.45, 7) is 0.345. The summed E-state index contributed by atoms with van der Waals surface area (Å²) < 4.78 is 7.14. The Labute approximate surface area is 109 Å². The minimum atomic E-state index is -0.969. The van der Waals surface area contributed by atoms with Gasteiger partial charge in [-0.25, -0.2) is 4.79 Å². The van der Waals surface area contributed by atoms with Gasteiger partial charge < -0.3 is 9.84 Å². The van der Waals surface area contributed by atoms with Gasteiger partial charge in [-0.1, -0.05) is 17.3 Å². The first-order valence-corrected chi connectivity index (χ1v) is 5.62. The van der Waals surface area contributed by atoms with Gasteiger partial charge in [0.15, 0.2) is 0 Å². The highest BCUT2D eigenvalue weighted by molar-refractivity contribution is 5.85. The molecule has 0 bridgehead atoms. The highest BCUT2D eigenvalue weighted by atomic mass is 16.5. The van der Waals surface area contributed by atoms with Crippen molar-refractivity contribution in [3.8, 4) is 5.75 Å². The second-order valence-corrected chi connectivity index (χ2v) is 3.91. The molecular formula is C13H13N3O3. The van der Waals surface area contributed by atoms with E-state index < -0.39 is 5.97 Å². The van der Waals surface area contributed by atoms with E-state index >= 15 is 0 Å². The topological polar surface area (TPSA) is 77.2 Å². The predicted octanol–water partition coefficient (Wildman–Crippen LogP) is 1.49. The molecule has 1 N–H and O–H groups in total. The van der Waals surface area contributed by atoms with Crippen LogP contribution in [0, 0.1) is 0 Å². The van der Waals surface area contributed by atoms with Crippen molar-refractivity contribution in [1.29, 1.82) is 0 Å². The molecule has 0 amide bonds. The molecule has 0 aliphatic carbocycles. The highest BCUT2D eigenvalue weighted by Crippen LogP contribution is 2.14. The van der Waals surface area contributed by atoms with Crippen molar-refractivity contribution < 1.29 is 14.6 Å². The minimum absolute atomic E-state index is 0.345. The number of aliphatic carboxylic acids is 1. The van der Waals surface area contributed by atoms with Crippen molar-refractivity contribution >= 4 is 12.0 Å². The molecule has 2 rings (SSSR count). The van der Waals surface area contributed by atoms with Crippen LogP contribution in [-0.4, -0.2) is 26.1 Å². The van der Waals surface area contributed by atoms with Gasteiger partial charge in [0.05, 0.1) is 6.20 Å². The van der Waals surface area contributed by atoms with Crippen LogP contribution in [0.5, 0.6) is 5.75 Å². The molecule has 0 aliphatic heterocycles. The Morgan fingerprint density at radius 3 is 2.74 bits per heavy atom. The lowest BCUT2D eigenvalue weighted by atomic mass is 10.2. The van der Waals surface area contributed by atoms with Crippen molar-refractivity contribution in [3.63, 3.8) is 0 Å². The smallest absolute Gasteiger partial charge is 0.328 e. The van der Waals surface area contributed by atoms with Gasteiger partial charge in [0.2, 0.25) is 0 Å². The first-order valence-electron chi connectivity index (χ1n) is 5.62. The predicted molar refractivity (Wildman–Crippen MR) is 68.4 cm³/mol. The van der Waals surface area contributed by atoms with Crippen molar-refractivity contribution in [2.24, 2.45) is 7.05 Å². The van der Waals surface area contributed by atoms with Crippen molar-refractivity contribution in [2.75, 3.05) is 0 Å². The van der Waals surface area contributed by atoms with Gasteiger partial charge in [-0.3, -0.25) is 4.68 Å². The number of ether oxygens (including phenoxy) is 1. The van der Waals surface area contributed by atoms with Crippen LogP contribution in [-0.2, 0) is 18.4 Å². The molecule has 0 saturated carbocycles. The normalized spacial score (nSPS) is 10.8. The zero-order valence-electron chi connectivity index (χ0n) is 10.4. The van der Waals surface area contributed by atoms with Gasteiger partial charge in [0.1, 0.15) is 18.1 Å². The van der Waals surface area contributed by atoms with Crippen LogP contribution in [0.25, 0.3) is 6.08 Å². The lowest BCUT2D eigenvalue weighted by molar-refractivity contribution is -0.131. The van der Waals surface area contributed by atoms with Crippen LogP contribution >= 0.6 is 0 Å². The summed E-state index contributed by atoms with van der Waals surface area (Å²) in [6, 6.07) is 7.12. The lowest BCUT2D eigenvalue weighted by Gasteiger charge is -2.03. The number of carboxylic acid groups (broad SMARTS) is 1. The summed E-state index contributed by atoms with van der Waals surface area (Å²) in [5.74, 6) is -0.277. The van der Waals surface area contributed by atoms with Crippen LogP contribution in [0.4, 0.5) is 0 Å². The molecule has 98 valence electrons. The molecule has 6 nitrogen and oxygen atoms in total. The van der Waals surface area contributed by atoms with E-state index in [9.17, 15) is 4.79 Å². The molecule has 0 atom stereocenters. The van der Waals surface area contributed by atoms with Crippen LogP contribution in [0.3, 0.4) is 0 Å². The quantitative estimate of drug-likeness (QED) is 0.823. The monoisotopic (exact) mass is 259 g/mol. The molecule has 1 aromatic carbocycles. The summed E-state index contributed by atoms with van der Waals surface area (Å²) in [6.07, 6.45) is 4.40. The first kappa shape index (κ1) is 12.8. The number of aryl methyl sites for hydroxylation is 1. The van der Waals surface area contributed by atoms with E-state index in [0.29, 0.717) is 12.4 Å². The number of benzene rings is 1. The molecule has 6 heteroatoms. The zero-order chi connectivity index (χ0) is 13.7. The van der Waals surface area contributed by atoms with Gasteiger partial charge in [-0.2, -0.15) is 0 Å². The Morgan fingerprint density at radius 2 is 2.16 bits per heavy atom. The van der Waals surface area contributed by atoms with Crippen LogP contribution in [0.2, 0.25) is 0 Å². The Balaban J connectivity index is 1.93. The molecular weight excluding hydrogens is 246 g/mol. The van der Waals surface area contributed by atoms with Crippen molar-refractivity contribution in [3.05, 3.63) is 47.8 Å². The summed E-state index contributed by atoms with van der Waals surface area (Å²) >= 11 is 0. The first-order chi connectivity index (χ1) is 9.13. The molecule has 19 heavy (non-hydrogen) atoms. The third-order valence-corrected chi connectivity index (χ3v) is 2.34. The fraction of sp³-hybridized carbons (Fsp3) is 0.154. The number of hydrogen-bond acceptors (Lipinski definition) is 4. The summed E-state index contributed by atoms with van der Waals surface area (Å²) in [5.41, 5.74) is 1.55. The van der Waals surface area contributed by atoms with Gasteiger partial charge in [0, 0.05) is 13.1 Å². The largest absolute Gasteiger partial charge is 0.487 e. The van der Waals surface area contributed by atoms with E-state index in [4.69, 9.17) is 9.84 Å². The van der Waals surface area contributed by atoms with Crippen molar-refractivity contribution in [1.82, 2.24) is 15.0 Å². The average Bonchev–Trinajstić information content (AvgIpc) is 2.81. The van der Waals surface area contributed by atoms with Crippen LogP contribution in [0.15, 0.2) is 36.5 Å². The molecule has 2 aromatic rings. The molecule has 0 radical (unpaired) electrons. The SMILES string of the molecule is Cn1cc(COc2ccc(/C=C/C(=O)O)cc2)nn1. The second-order valence-electron chi connectivity index (χ2n) is 3.91. The molecule has 0 spiro atoms. The van der Waals surface area contributed by atoms with Crippen molar-refractivity contribution in [2.45, 2.75) is 6.61 Å². The molecule has 0 fully saturated rings. The van der Waals surface area contributed by atoms with E-state index in [2.05, 4.69) is 10.3 Å².